The van der Waals surface area contributed by atoms with Crippen molar-refractivity contribution in [1.29, 1.82) is 0 Å². The molecule has 0 saturated heterocycles. The second-order valence-electron chi connectivity index (χ2n) is 10.8. The SMILES string of the molecule is N/C=C\C=C1\C=Cc2c(c3ccc(-c4cccc5c4sc4ccccc45)cc3n2-c2ccc(-c3ccccc3)cc2)C1. The first-order valence-electron chi connectivity index (χ1n) is 14.3. The number of rotatable bonds is 4. The van der Waals surface area contributed by atoms with E-state index in [1.54, 1.807) is 6.20 Å². The lowest BCUT2D eigenvalue weighted by molar-refractivity contribution is 1.06. The Hall–Kier alpha value is -5.12. The topological polar surface area (TPSA) is 30.9 Å². The minimum absolute atomic E-state index is 0.868. The molecule has 0 atom stereocenters. The quantitative estimate of drug-likeness (QED) is 0.230. The van der Waals surface area contributed by atoms with Crippen molar-refractivity contribution >= 4 is 48.5 Å². The Morgan fingerprint density at radius 3 is 2.29 bits per heavy atom. The molecule has 2 heterocycles. The zero-order valence-corrected chi connectivity index (χ0v) is 23.8. The van der Waals surface area contributed by atoms with Gasteiger partial charge in [0.25, 0.3) is 0 Å². The highest BCUT2D eigenvalue weighted by atomic mass is 32.1. The molecule has 2 N–H and O–H groups in total. The van der Waals surface area contributed by atoms with Crippen molar-refractivity contribution in [3.05, 3.63) is 157 Å². The van der Waals surface area contributed by atoms with Crippen molar-refractivity contribution in [1.82, 2.24) is 4.57 Å². The summed E-state index contributed by atoms with van der Waals surface area (Å²) in [4.78, 5) is 0. The van der Waals surface area contributed by atoms with Gasteiger partial charge in [-0.05, 0) is 76.0 Å². The van der Waals surface area contributed by atoms with Crippen molar-refractivity contribution in [2.75, 3.05) is 0 Å². The lowest BCUT2D eigenvalue weighted by Crippen LogP contribution is -2.01. The summed E-state index contributed by atoms with van der Waals surface area (Å²) in [6.45, 7) is 0. The molecule has 2 nitrogen and oxygen atoms in total. The molecule has 0 spiro atoms. The number of fused-ring (bicyclic) bond motifs is 6. The monoisotopic (exact) mass is 556 g/mol. The molecule has 5 aromatic carbocycles. The smallest absolute Gasteiger partial charge is 0.0543 e. The normalized spacial score (nSPS) is 14.0. The number of thiophene rings is 1. The fraction of sp³-hybridized carbons (Fsp3) is 0.0256. The van der Waals surface area contributed by atoms with Crippen LogP contribution in [0.1, 0.15) is 11.3 Å². The first-order chi connectivity index (χ1) is 20.8. The lowest BCUT2D eigenvalue weighted by Gasteiger charge is -2.14. The van der Waals surface area contributed by atoms with Gasteiger partial charge in [-0.3, -0.25) is 0 Å². The lowest BCUT2D eigenvalue weighted by atomic mass is 9.95. The summed E-state index contributed by atoms with van der Waals surface area (Å²) in [5, 5.41) is 3.94. The summed E-state index contributed by atoms with van der Waals surface area (Å²) in [5.41, 5.74) is 16.8. The van der Waals surface area contributed by atoms with Gasteiger partial charge in [0, 0.05) is 37.7 Å². The first-order valence-corrected chi connectivity index (χ1v) is 15.1. The third-order valence-electron chi connectivity index (χ3n) is 8.32. The predicted octanol–water partition coefficient (Wildman–Crippen LogP) is 10.3. The van der Waals surface area contributed by atoms with E-state index in [0.717, 1.165) is 12.1 Å². The van der Waals surface area contributed by atoms with Crippen LogP contribution in [0.25, 0.3) is 65.1 Å². The largest absolute Gasteiger partial charge is 0.405 e. The van der Waals surface area contributed by atoms with Gasteiger partial charge in [0.1, 0.15) is 0 Å². The van der Waals surface area contributed by atoms with Gasteiger partial charge in [0.05, 0.1) is 11.2 Å². The minimum atomic E-state index is 0.868. The second-order valence-corrected chi connectivity index (χ2v) is 11.8. The molecule has 42 heavy (non-hydrogen) atoms. The van der Waals surface area contributed by atoms with Crippen LogP contribution >= 0.6 is 11.3 Å². The summed E-state index contributed by atoms with van der Waals surface area (Å²) in [5.74, 6) is 0. The van der Waals surface area contributed by atoms with E-state index in [2.05, 4.69) is 138 Å². The van der Waals surface area contributed by atoms with Gasteiger partial charge in [-0.25, -0.2) is 0 Å². The molecule has 2 aromatic heterocycles. The molecule has 0 saturated carbocycles. The van der Waals surface area contributed by atoms with Crippen molar-refractivity contribution in [3.8, 4) is 27.9 Å². The molecular weight excluding hydrogens is 529 g/mol. The van der Waals surface area contributed by atoms with E-state index in [0.29, 0.717) is 0 Å². The van der Waals surface area contributed by atoms with Crippen LogP contribution in [0.3, 0.4) is 0 Å². The van der Waals surface area contributed by atoms with Crippen LogP contribution in [0.4, 0.5) is 0 Å². The van der Waals surface area contributed by atoms with Crippen LogP contribution in [0.2, 0.25) is 0 Å². The van der Waals surface area contributed by atoms with E-state index >= 15 is 0 Å². The number of aromatic nitrogens is 1. The maximum Gasteiger partial charge on any atom is 0.0543 e. The van der Waals surface area contributed by atoms with Crippen molar-refractivity contribution in [2.24, 2.45) is 5.73 Å². The number of hydrogen-bond acceptors (Lipinski definition) is 2. The minimum Gasteiger partial charge on any atom is -0.405 e. The molecule has 0 radical (unpaired) electrons. The third-order valence-corrected chi connectivity index (χ3v) is 9.54. The zero-order chi connectivity index (χ0) is 28.0. The Morgan fingerprint density at radius 1 is 0.667 bits per heavy atom. The maximum absolute atomic E-state index is 5.65. The van der Waals surface area contributed by atoms with Crippen LogP contribution in [0.15, 0.2) is 145 Å². The highest BCUT2D eigenvalue weighted by Crippen LogP contribution is 2.42. The second kappa shape index (κ2) is 10.1. The fourth-order valence-corrected chi connectivity index (χ4v) is 7.57. The molecular formula is C39H28N2S. The standard InChI is InChI=1S/C39H28N2S/c40-23-7-8-26-15-22-36-35(24-26)32-21-18-29(31-12-6-13-34-33-11-4-5-14-38(33)42-39(31)34)25-37(32)41(36)30-19-16-28(17-20-30)27-9-2-1-3-10-27/h1-23,25H,24,40H2/b23-7-,26-8-. The summed E-state index contributed by atoms with van der Waals surface area (Å²) >= 11 is 1.88. The molecule has 0 amide bonds. The van der Waals surface area contributed by atoms with Gasteiger partial charge in [-0.15, -0.1) is 11.3 Å². The Balaban J connectivity index is 1.33. The number of allylic oxidation sites excluding steroid dienone is 4. The Kier molecular flexibility index (Phi) is 5.90. The molecule has 1 aliphatic carbocycles. The zero-order valence-electron chi connectivity index (χ0n) is 23.0. The van der Waals surface area contributed by atoms with Gasteiger partial charge in [-0.2, -0.15) is 0 Å². The van der Waals surface area contributed by atoms with E-state index in [1.807, 2.05) is 17.4 Å². The Labute approximate surface area is 249 Å². The Bertz CT molecular complexity index is 2210. The maximum atomic E-state index is 5.65. The molecule has 1 aliphatic rings. The molecule has 3 heteroatoms. The Morgan fingerprint density at radius 2 is 1.43 bits per heavy atom. The van der Waals surface area contributed by atoms with Crippen LogP contribution in [-0.2, 0) is 6.42 Å². The van der Waals surface area contributed by atoms with Crippen molar-refractivity contribution < 1.29 is 0 Å². The van der Waals surface area contributed by atoms with Gasteiger partial charge >= 0.3 is 0 Å². The summed E-state index contributed by atoms with van der Waals surface area (Å²) < 4.78 is 5.10. The van der Waals surface area contributed by atoms with E-state index in [1.165, 1.54) is 70.2 Å². The van der Waals surface area contributed by atoms with Crippen LogP contribution in [0, 0.1) is 0 Å². The molecule has 200 valence electrons. The molecule has 0 aliphatic heterocycles. The van der Waals surface area contributed by atoms with Crippen molar-refractivity contribution in [3.63, 3.8) is 0 Å². The molecule has 0 unspecified atom stereocenters. The first kappa shape index (κ1) is 24.7. The van der Waals surface area contributed by atoms with E-state index in [4.69, 9.17) is 5.73 Å². The number of nitrogens with zero attached hydrogens (tertiary/aromatic N) is 1. The number of hydrogen-bond donors (Lipinski definition) is 1. The van der Waals surface area contributed by atoms with E-state index < -0.39 is 0 Å². The summed E-state index contributed by atoms with van der Waals surface area (Å²) in [6.07, 6.45) is 11.0. The van der Waals surface area contributed by atoms with Crippen LogP contribution in [0.5, 0.6) is 0 Å². The van der Waals surface area contributed by atoms with Crippen LogP contribution < -0.4 is 5.73 Å². The molecule has 8 rings (SSSR count). The molecule has 7 aromatic rings. The van der Waals surface area contributed by atoms with E-state index in [-0.39, 0.29) is 0 Å². The third kappa shape index (κ3) is 4.01. The predicted molar refractivity (Wildman–Crippen MR) is 181 cm³/mol. The highest BCUT2D eigenvalue weighted by Gasteiger charge is 2.21. The molecule has 0 bridgehead atoms. The van der Waals surface area contributed by atoms with E-state index in [9.17, 15) is 0 Å². The summed E-state index contributed by atoms with van der Waals surface area (Å²) in [6, 6.07) is 42.0. The number of nitrogens with two attached hydrogens (primary N) is 1. The fourth-order valence-electron chi connectivity index (χ4n) is 6.33. The van der Waals surface area contributed by atoms with Gasteiger partial charge in [0.2, 0.25) is 0 Å². The van der Waals surface area contributed by atoms with Crippen LogP contribution in [-0.4, -0.2) is 4.57 Å². The highest BCUT2D eigenvalue weighted by molar-refractivity contribution is 7.26. The van der Waals surface area contributed by atoms with Gasteiger partial charge in [-0.1, -0.05) is 103 Å². The average molecular weight is 557 g/mol. The van der Waals surface area contributed by atoms with Gasteiger partial charge in [0.15, 0.2) is 0 Å². The van der Waals surface area contributed by atoms with Gasteiger partial charge < -0.3 is 10.3 Å². The average Bonchev–Trinajstić information content (AvgIpc) is 3.59. The molecule has 0 fully saturated rings. The van der Waals surface area contributed by atoms with Crippen molar-refractivity contribution in [2.45, 2.75) is 6.42 Å². The number of benzene rings is 5. The summed E-state index contributed by atoms with van der Waals surface area (Å²) in [7, 11) is 0.